The van der Waals surface area contributed by atoms with E-state index in [1.807, 2.05) is 49.4 Å². The van der Waals surface area contributed by atoms with Crippen molar-refractivity contribution in [3.63, 3.8) is 0 Å². The number of aliphatic hydroxyl groups is 1. The summed E-state index contributed by atoms with van der Waals surface area (Å²) in [6.07, 6.45) is 1.09. The van der Waals surface area contributed by atoms with E-state index in [9.17, 15) is 9.32 Å². The molecule has 2 aromatic rings. The van der Waals surface area contributed by atoms with Crippen LogP contribution in [0, 0.1) is 6.92 Å². The zero-order chi connectivity index (χ0) is 18.4. The molecular formula is C20H26O4S. The maximum Gasteiger partial charge on any atom is 0.122 e. The van der Waals surface area contributed by atoms with E-state index in [0.29, 0.717) is 12.8 Å². The van der Waals surface area contributed by atoms with Crippen LogP contribution in [0.25, 0.3) is 0 Å². The van der Waals surface area contributed by atoms with Crippen molar-refractivity contribution in [2.24, 2.45) is 0 Å². The SMILES string of the molecule is COc1ccc(OC)c(CC[C@](C)(O)CS(=O)c2ccc(C)cc2)c1. The van der Waals surface area contributed by atoms with Gasteiger partial charge in [-0.3, -0.25) is 4.21 Å². The number of aryl methyl sites for hydroxylation is 2. The maximum atomic E-state index is 12.5. The molecule has 0 aliphatic heterocycles. The van der Waals surface area contributed by atoms with Crippen LogP contribution in [0.15, 0.2) is 47.4 Å². The van der Waals surface area contributed by atoms with Gasteiger partial charge >= 0.3 is 0 Å². The third-order valence-electron chi connectivity index (χ3n) is 4.15. The standard InChI is InChI=1S/C20H26O4S/c1-15-5-8-18(9-6-15)25(22)14-20(2,21)12-11-16-13-17(23-3)7-10-19(16)24-4/h5-10,13,21H,11-12,14H2,1-4H3/t20-,25?/m0/s1. The molecule has 0 saturated carbocycles. The topological polar surface area (TPSA) is 55.8 Å². The van der Waals surface area contributed by atoms with Crippen LogP contribution in [-0.2, 0) is 17.2 Å². The number of hydrogen-bond donors (Lipinski definition) is 1. The lowest BCUT2D eigenvalue weighted by Gasteiger charge is -2.23. The molecule has 0 fully saturated rings. The van der Waals surface area contributed by atoms with Crippen LogP contribution in [0.2, 0.25) is 0 Å². The van der Waals surface area contributed by atoms with E-state index in [2.05, 4.69) is 0 Å². The van der Waals surface area contributed by atoms with Crippen LogP contribution >= 0.6 is 0 Å². The van der Waals surface area contributed by atoms with Gasteiger partial charge in [-0.25, -0.2) is 0 Å². The summed E-state index contributed by atoms with van der Waals surface area (Å²) < 4.78 is 23.1. The summed E-state index contributed by atoms with van der Waals surface area (Å²) in [6, 6.07) is 13.2. The van der Waals surface area contributed by atoms with Crippen molar-refractivity contribution in [3.8, 4) is 11.5 Å². The minimum Gasteiger partial charge on any atom is -0.497 e. The highest BCUT2D eigenvalue weighted by atomic mass is 32.2. The summed E-state index contributed by atoms with van der Waals surface area (Å²) in [5, 5.41) is 10.7. The second kappa shape index (κ2) is 8.50. The Hall–Kier alpha value is -1.85. The number of hydrogen-bond acceptors (Lipinski definition) is 4. The number of methoxy groups -OCH3 is 2. The van der Waals surface area contributed by atoms with Crippen LogP contribution in [0.3, 0.4) is 0 Å². The molecule has 0 aliphatic carbocycles. The lowest BCUT2D eigenvalue weighted by molar-refractivity contribution is 0.0753. The van der Waals surface area contributed by atoms with E-state index < -0.39 is 16.4 Å². The Morgan fingerprint density at radius 1 is 1.08 bits per heavy atom. The molecule has 0 amide bonds. The van der Waals surface area contributed by atoms with Gasteiger partial charge in [0.1, 0.15) is 11.5 Å². The fraction of sp³-hybridized carbons (Fsp3) is 0.400. The summed E-state index contributed by atoms with van der Waals surface area (Å²) in [5.74, 6) is 1.71. The van der Waals surface area contributed by atoms with Gasteiger partial charge in [0.05, 0.1) is 36.4 Å². The quantitative estimate of drug-likeness (QED) is 0.781. The lowest BCUT2D eigenvalue weighted by atomic mass is 9.98. The Kier molecular flexibility index (Phi) is 6.62. The van der Waals surface area contributed by atoms with Gasteiger partial charge in [0.15, 0.2) is 0 Å². The van der Waals surface area contributed by atoms with Crippen molar-refractivity contribution < 1.29 is 18.8 Å². The molecule has 2 rings (SSSR count). The number of ether oxygens (including phenoxy) is 2. The first-order valence-electron chi connectivity index (χ1n) is 8.23. The Labute approximate surface area is 152 Å². The first-order chi connectivity index (χ1) is 11.8. The van der Waals surface area contributed by atoms with Crippen LogP contribution in [0.5, 0.6) is 11.5 Å². The van der Waals surface area contributed by atoms with Gasteiger partial charge in [0, 0.05) is 4.90 Å². The summed E-state index contributed by atoms with van der Waals surface area (Å²) in [6.45, 7) is 3.72. The molecule has 2 aromatic carbocycles. The molecule has 25 heavy (non-hydrogen) atoms. The molecule has 4 nitrogen and oxygen atoms in total. The number of benzene rings is 2. The summed E-state index contributed by atoms with van der Waals surface area (Å²) in [5.41, 5.74) is 1.05. The van der Waals surface area contributed by atoms with Crippen LogP contribution < -0.4 is 9.47 Å². The van der Waals surface area contributed by atoms with Crippen molar-refractivity contribution in [2.45, 2.75) is 37.2 Å². The van der Waals surface area contributed by atoms with Crippen LogP contribution in [0.4, 0.5) is 0 Å². The second-order valence-electron chi connectivity index (χ2n) is 6.48. The third kappa shape index (κ3) is 5.58. The molecule has 0 radical (unpaired) electrons. The van der Waals surface area contributed by atoms with Crippen molar-refractivity contribution >= 4 is 10.8 Å². The van der Waals surface area contributed by atoms with Crippen molar-refractivity contribution in [2.75, 3.05) is 20.0 Å². The van der Waals surface area contributed by atoms with Crippen LogP contribution in [0.1, 0.15) is 24.5 Å². The van der Waals surface area contributed by atoms with Gasteiger partial charge in [-0.1, -0.05) is 17.7 Å². The van der Waals surface area contributed by atoms with Gasteiger partial charge in [0.2, 0.25) is 0 Å². The monoisotopic (exact) mass is 362 g/mol. The average Bonchev–Trinajstić information content (AvgIpc) is 2.59. The fourth-order valence-corrected chi connectivity index (χ4v) is 3.92. The average molecular weight is 362 g/mol. The Morgan fingerprint density at radius 3 is 2.36 bits per heavy atom. The van der Waals surface area contributed by atoms with E-state index in [1.165, 1.54) is 0 Å². The highest BCUT2D eigenvalue weighted by Gasteiger charge is 2.25. The summed E-state index contributed by atoms with van der Waals surface area (Å²) in [7, 11) is 2.00. The molecule has 1 unspecified atom stereocenters. The van der Waals surface area contributed by atoms with Gasteiger partial charge < -0.3 is 14.6 Å². The molecular weight excluding hydrogens is 336 g/mol. The third-order valence-corrected chi connectivity index (χ3v) is 5.83. The van der Waals surface area contributed by atoms with E-state index >= 15 is 0 Å². The van der Waals surface area contributed by atoms with E-state index in [-0.39, 0.29) is 5.75 Å². The molecule has 1 N–H and O–H groups in total. The summed E-state index contributed by atoms with van der Waals surface area (Å²) >= 11 is 0. The van der Waals surface area contributed by atoms with Crippen molar-refractivity contribution in [1.29, 1.82) is 0 Å². The van der Waals surface area contributed by atoms with Gasteiger partial charge in [-0.05, 0) is 62.6 Å². The largest absolute Gasteiger partial charge is 0.497 e. The molecule has 0 aliphatic rings. The fourth-order valence-electron chi connectivity index (χ4n) is 2.61. The Morgan fingerprint density at radius 2 is 1.76 bits per heavy atom. The smallest absolute Gasteiger partial charge is 0.122 e. The predicted octanol–water partition coefficient (Wildman–Crippen LogP) is 3.50. The van der Waals surface area contributed by atoms with Gasteiger partial charge in [-0.15, -0.1) is 0 Å². The van der Waals surface area contributed by atoms with Gasteiger partial charge in [-0.2, -0.15) is 0 Å². The lowest BCUT2D eigenvalue weighted by Crippen LogP contribution is -2.32. The molecule has 136 valence electrons. The molecule has 0 heterocycles. The normalized spacial score (nSPS) is 14.6. The molecule has 0 saturated heterocycles. The molecule has 2 atom stereocenters. The van der Waals surface area contributed by atoms with Crippen molar-refractivity contribution in [3.05, 3.63) is 53.6 Å². The maximum absolute atomic E-state index is 12.5. The molecule has 0 spiro atoms. The minimum absolute atomic E-state index is 0.197. The van der Waals surface area contributed by atoms with E-state index in [1.54, 1.807) is 21.1 Å². The first-order valence-corrected chi connectivity index (χ1v) is 9.55. The van der Waals surface area contributed by atoms with Crippen molar-refractivity contribution in [1.82, 2.24) is 0 Å². The zero-order valence-electron chi connectivity index (χ0n) is 15.2. The molecule has 0 bridgehead atoms. The number of rotatable bonds is 8. The molecule has 5 heteroatoms. The second-order valence-corrected chi connectivity index (χ2v) is 7.93. The summed E-state index contributed by atoms with van der Waals surface area (Å²) in [4.78, 5) is 0.741. The highest BCUT2D eigenvalue weighted by Crippen LogP contribution is 2.27. The van der Waals surface area contributed by atoms with Crippen LogP contribution in [-0.4, -0.2) is 34.9 Å². The minimum atomic E-state index is -1.24. The highest BCUT2D eigenvalue weighted by molar-refractivity contribution is 7.85. The predicted molar refractivity (Wildman–Crippen MR) is 101 cm³/mol. The Balaban J connectivity index is 2.03. The van der Waals surface area contributed by atoms with E-state index in [4.69, 9.17) is 9.47 Å². The Bertz CT molecular complexity index is 723. The molecule has 0 aromatic heterocycles. The van der Waals surface area contributed by atoms with E-state index in [0.717, 1.165) is 27.5 Å². The first kappa shape index (κ1) is 19.5. The zero-order valence-corrected chi connectivity index (χ0v) is 16.1. The van der Waals surface area contributed by atoms with Gasteiger partial charge in [0.25, 0.3) is 0 Å².